The lowest BCUT2D eigenvalue weighted by Gasteiger charge is -2.07. The smallest absolute Gasteiger partial charge is 0.324 e. The minimum absolute atomic E-state index is 0.00879. The molecule has 2 N–H and O–H groups in total. The van der Waals surface area contributed by atoms with E-state index in [0.717, 1.165) is 23.5 Å². The molecule has 21 heavy (non-hydrogen) atoms. The van der Waals surface area contributed by atoms with E-state index in [0.29, 0.717) is 6.07 Å². The highest BCUT2D eigenvalue weighted by atomic mass is 19.1. The van der Waals surface area contributed by atoms with Gasteiger partial charge in [0.25, 0.3) is 0 Å². The number of aryl methyl sites for hydroxylation is 1. The number of benzene rings is 1. The van der Waals surface area contributed by atoms with Crippen LogP contribution in [0.4, 0.5) is 14.5 Å². The standard InChI is InChI=1S/C14H15F2N3O2/c1-8-9(2)19(14(21)17-8)6-5-13(20)18-12-4-3-10(15)7-11(12)16/h3-4,7H,5-6H2,1-2H3,(H,17,21)(H,18,20). The first-order valence-corrected chi connectivity index (χ1v) is 6.39. The molecular weight excluding hydrogens is 280 g/mol. The van der Waals surface area contributed by atoms with E-state index >= 15 is 0 Å². The number of hydrogen-bond acceptors (Lipinski definition) is 2. The van der Waals surface area contributed by atoms with Gasteiger partial charge in [0.1, 0.15) is 11.6 Å². The molecule has 0 bridgehead atoms. The first-order chi connectivity index (χ1) is 9.88. The van der Waals surface area contributed by atoms with Crippen LogP contribution in [0.3, 0.4) is 0 Å². The highest BCUT2D eigenvalue weighted by molar-refractivity contribution is 5.90. The number of imidazole rings is 1. The fourth-order valence-corrected chi connectivity index (χ4v) is 1.96. The van der Waals surface area contributed by atoms with Gasteiger partial charge in [0.2, 0.25) is 5.91 Å². The maximum atomic E-state index is 13.4. The Kier molecular flexibility index (Phi) is 4.21. The van der Waals surface area contributed by atoms with Gasteiger partial charge in [-0.05, 0) is 26.0 Å². The van der Waals surface area contributed by atoms with E-state index in [1.54, 1.807) is 13.8 Å². The Labute approximate surface area is 119 Å². The molecule has 0 aliphatic heterocycles. The van der Waals surface area contributed by atoms with Crippen LogP contribution in [0, 0.1) is 25.5 Å². The Morgan fingerprint density at radius 2 is 2.05 bits per heavy atom. The number of amides is 1. The van der Waals surface area contributed by atoms with Crippen LogP contribution in [0.5, 0.6) is 0 Å². The molecule has 2 aromatic rings. The van der Waals surface area contributed by atoms with Crippen LogP contribution < -0.4 is 11.0 Å². The van der Waals surface area contributed by atoms with Crippen molar-refractivity contribution in [1.82, 2.24) is 9.55 Å². The van der Waals surface area contributed by atoms with Gasteiger partial charge >= 0.3 is 5.69 Å². The van der Waals surface area contributed by atoms with E-state index in [9.17, 15) is 18.4 Å². The molecule has 5 nitrogen and oxygen atoms in total. The summed E-state index contributed by atoms with van der Waals surface area (Å²) in [5.74, 6) is -2.00. The summed E-state index contributed by atoms with van der Waals surface area (Å²) < 4.78 is 27.6. The second-order valence-electron chi connectivity index (χ2n) is 4.71. The monoisotopic (exact) mass is 295 g/mol. The van der Waals surface area contributed by atoms with E-state index in [1.165, 1.54) is 4.57 Å². The van der Waals surface area contributed by atoms with Crippen molar-refractivity contribution >= 4 is 11.6 Å². The molecule has 0 fully saturated rings. The molecule has 1 aromatic heterocycles. The predicted molar refractivity (Wildman–Crippen MR) is 74.1 cm³/mol. The Morgan fingerprint density at radius 3 is 2.62 bits per heavy atom. The Hall–Kier alpha value is -2.44. The Morgan fingerprint density at radius 1 is 1.33 bits per heavy atom. The number of carbonyl (C=O) groups is 1. The van der Waals surface area contributed by atoms with E-state index in [1.807, 2.05) is 0 Å². The number of nitrogens with zero attached hydrogens (tertiary/aromatic N) is 1. The van der Waals surface area contributed by atoms with Gasteiger partial charge in [-0.1, -0.05) is 0 Å². The average molecular weight is 295 g/mol. The van der Waals surface area contributed by atoms with Gasteiger partial charge in [0.15, 0.2) is 0 Å². The number of nitrogens with one attached hydrogen (secondary N) is 2. The van der Waals surface area contributed by atoms with Crippen molar-refractivity contribution in [2.45, 2.75) is 26.8 Å². The average Bonchev–Trinajstić information content (AvgIpc) is 2.65. The summed E-state index contributed by atoms with van der Waals surface area (Å²) in [6.45, 7) is 3.72. The molecule has 1 aromatic carbocycles. The summed E-state index contributed by atoms with van der Waals surface area (Å²) in [6.07, 6.45) is 0.00879. The van der Waals surface area contributed by atoms with Gasteiger partial charge < -0.3 is 10.3 Å². The maximum absolute atomic E-state index is 13.4. The van der Waals surface area contributed by atoms with E-state index < -0.39 is 17.5 Å². The van der Waals surface area contributed by atoms with Gasteiger partial charge in [0.05, 0.1) is 5.69 Å². The fourth-order valence-electron chi connectivity index (χ4n) is 1.96. The van der Waals surface area contributed by atoms with Crippen molar-refractivity contribution in [3.63, 3.8) is 0 Å². The molecule has 1 heterocycles. The number of H-pyrrole nitrogens is 1. The molecule has 0 atom stereocenters. The van der Waals surface area contributed by atoms with Crippen molar-refractivity contribution in [3.8, 4) is 0 Å². The largest absolute Gasteiger partial charge is 0.325 e. The third-order valence-corrected chi connectivity index (χ3v) is 3.25. The van der Waals surface area contributed by atoms with E-state index in [4.69, 9.17) is 0 Å². The van der Waals surface area contributed by atoms with Gasteiger partial charge in [-0.15, -0.1) is 0 Å². The van der Waals surface area contributed by atoms with Gasteiger partial charge in [-0.3, -0.25) is 9.36 Å². The van der Waals surface area contributed by atoms with E-state index in [2.05, 4.69) is 10.3 Å². The number of anilines is 1. The lowest BCUT2D eigenvalue weighted by molar-refractivity contribution is -0.116. The Bertz CT molecular complexity index is 734. The highest BCUT2D eigenvalue weighted by Crippen LogP contribution is 2.15. The molecule has 0 radical (unpaired) electrons. The topological polar surface area (TPSA) is 66.9 Å². The van der Waals surface area contributed by atoms with Crippen LogP contribution in [0.1, 0.15) is 17.8 Å². The number of carbonyl (C=O) groups excluding carboxylic acids is 1. The van der Waals surface area contributed by atoms with Crippen molar-refractivity contribution < 1.29 is 13.6 Å². The zero-order valence-corrected chi connectivity index (χ0v) is 11.7. The summed E-state index contributed by atoms with van der Waals surface area (Å²) in [7, 11) is 0. The third kappa shape index (κ3) is 3.36. The quantitative estimate of drug-likeness (QED) is 0.907. The number of hydrogen-bond donors (Lipinski definition) is 2. The highest BCUT2D eigenvalue weighted by Gasteiger charge is 2.11. The molecule has 0 spiro atoms. The lowest BCUT2D eigenvalue weighted by atomic mass is 10.2. The van der Waals surface area contributed by atoms with Crippen molar-refractivity contribution in [2.75, 3.05) is 5.32 Å². The molecule has 0 saturated heterocycles. The first-order valence-electron chi connectivity index (χ1n) is 6.39. The van der Waals surface area contributed by atoms with Crippen molar-refractivity contribution in [3.05, 3.63) is 51.7 Å². The summed E-state index contributed by atoms with van der Waals surface area (Å²) >= 11 is 0. The number of halogens is 2. The van der Waals surface area contributed by atoms with Crippen LogP contribution in [0.25, 0.3) is 0 Å². The second-order valence-corrected chi connectivity index (χ2v) is 4.71. The molecule has 0 aliphatic carbocycles. The van der Waals surface area contributed by atoms with Crippen LogP contribution >= 0.6 is 0 Å². The summed E-state index contributed by atoms with van der Waals surface area (Å²) in [5.41, 5.74) is 1.12. The third-order valence-electron chi connectivity index (χ3n) is 3.25. The summed E-state index contributed by atoms with van der Waals surface area (Å²) in [6, 6.07) is 2.91. The summed E-state index contributed by atoms with van der Waals surface area (Å²) in [4.78, 5) is 26.0. The lowest BCUT2D eigenvalue weighted by Crippen LogP contribution is -2.22. The molecule has 2 rings (SSSR count). The molecule has 112 valence electrons. The zero-order valence-electron chi connectivity index (χ0n) is 11.7. The van der Waals surface area contributed by atoms with Crippen LogP contribution in [0.2, 0.25) is 0 Å². The van der Waals surface area contributed by atoms with Crippen molar-refractivity contribution in [1.29, 1.82) is 0 Å². The van der Waals surface area contributed by atoms with Gasteiger partial charge in [-0.2, -0.15) is 0 Å². The van der Waals surface area contributed by atoms with Crippen LogP contribution in [-0.2, 0) is 11.3 Å². The number of aromatic nitrogens is 2. The van der Waals surface area contributed by atoms with Crippen molar-refractivity contribution in [2.24, 2.45) is 0 Å². The first kappa shape index (κ1) is 15.0. The molecule has 0 saturated carbocycles. The molecule has 0 unspecified atom stereocenters. The van der Waals surface area contributed by atoms with Crippen LogP contribution in [-0.4, -0.2) is 15.5 Å². The Balaban J connectivity index is 2.01. The minimum Gasteiger partial charge on any atom is -0.324 e. The fraction of sp³-hybridized carbons (Fsp3) is 0.286. The number of aromatic amines is 1. The number of rotatable bonds is 4. The van der Waals surface area contributed by atoms with Gasteiger partial charge in [-0.25, -0.2) is 13.6 Å². The predicted octanol–water partition coefficient (Wildman–Crippen LogP) is 2.10. The van der Waals surface area contributed by atoms with Gasteiger partial charge in [0, 0.05) is 30.4 Å². The molecule has 1 amide bonds. The normalized spacial score (nSPS) is 10.7. The second kappa shape index (κ2) is 5.90. The van der Waals surface area contributed by atoms with Crippen LogP contribution in [0.15, 0.2) is 23.0 Å². The SMILES string of the molecule is Cc1[nH]c(=O)n(CCC(=O)Nc2ccc(F)cc2F)c1C. The van der Waals surface area contributed by atoms with E-state index in [-0.39, 0.29) is 24.3 Å². The minimum atomic E-state index is -0.839. The molecule has 7 heteroatoms. The summed E-state index contributed by atoms with van der Waals surface area (Å²) in [5, 5.41) is 2.35. The maximum Gasteiger partial charge on any atom is 0.325 e. The zero-order chi connectivity index (χ0) is 15.6. The molecule has 0 aliphatic rings. The molecular formula is C14H15F2N3O2.